The number of hydrogen-bond donors (Lipinski definition) is 1. The summed E-state index contributed by atoms with van der Waals surface area (Å²) in [5.74, 6) is 1.16. The number of aryl methyl sites for hydroxylation is 1. The fourth-order valence-corrected chi connectivity index (χ4v) is 1.55. The van der Waals surface area contributed by atoms with Crippen LogP contribution in [0.3, 0.4) is 0 Å². The van der Waals surface area contributed by atoms with Crippen LogP contribution in [-0.4, -0.2) is 22.1 Å². The zero-order chi connectivity index (χ0) is 12.3. The fourth-order valence-electron chi connectivity index (χ4n) is 1.55. The molecule has 0 aromatic carbocycles. The van der Waals surface area contributed by atoms with E-state index in [1.54, 1.807) is 0 Å². The van der Waals surface area contributed by atoms with Gasteiger partial charge >= 0.3 is 0 Å². The van der Waals surface area contributed by atoms with Crippen molar-refractivity contribution >= 4 is 11.8 Å². The molecule has 0 aliphatic heterocycles. The third-order valence-electron chi connectivity index (χ3n) is 2.26. The lowest BCUT2D eigenvalue weighted by molar-refractivity contribution is 0.517. The lowest BCUT2D eigenvalue weighted by atomic mass is 10.1. The maximum atomic E-state index is 5.66. The number of aromatic nitrogens is 2. The second kappa shape index (κ2) is 4.51. The molecule has 1 rings (SSSR count). The highest BCUT2D eigenvalue weighted by Gasteiger charge is 2.22. The van der Waals surface area contributed by atoms with Gasteiger partial charge in [0.05, 0.1) is 0 Å². The topological polar surface area (TPSA) is 55.0 Å². The van der Waals surface area contributed by atoms with Gasteiger partial charge in [-0.3, -0.25) is 0 Å². The third kappa shape index (κ3) is 2.95. The smallest absolute Gasteiger partial charge is 0.222 e. The van der Waals surface area contributed by atoms with Crippen molar-refractivity contribution in [2.24, 2.45) is 0 Å². The molecule has 0 fully saturated rings. The quantitative estimate of drug-likeness (QED) is 0.793. The number of nitrogens with zero attached hydrogens (tertiary/aromatic N) is 3. The zero-order valence-electron chi connectivity index (χ0n) is 10.5. The molecule has 88 valence electrons. The number of anilines is 2. The monoisotopic (exact) mass is 220 g/mol. The van der Waals surface area contributed by atoms with Crippen molar-refractivity contribution in [3.63, 3.8) is 0 Å². The van der Waals surface area contributed by atoms with Gasteiger partial charge < -0.3 is 10.6 Å². The molecule has 1 aromatic rings. The van der Waals surface area contributed by atoms with Gasteiger partial charge in [0.2, 0.25) is 5.95 Å². The summed E-state index contributed by atoms with van der Waals surface area (Å²) >= 11 is 0. The SMILES string of the molecule is C=CCN(c1cc(C)nc(N)n1)C(C)(C)C. The maximum Gasteiger partial charge on any atom is 0.222 e. The molecular weight excluding hydrogens is 200 g/mol. The lowest BCUT2D eigenvalue weighted by Gasteiger charge is -2.36. The normalized spacial score (nSPS) is 11.2. The van der Waals surface area contributed by atoms with E-state index >= 15 is 0 Å². The molecule has 16 heavy (non-hydrogen) atoms. The fraction of sp³-hybridized carbons (Fsp3) is 0.500. The molecule has 0 saturated carbocycles. The van der Waals surface area contributed by atoms with Crippen LogP contribution >= 0.6 is 0 Å². The summed E-state index contributed by atoms with van der Waals surface area (Å²) in [5.41, 5.74) is 6.51. The van der Waals surface area contributed by atoms with Crippen LogP contribution in [0.25, 0.3) is 0 Å². The number of rotatable bonds is 3. The number of nitrogen functional groups attached to an aromatic ring is 1. The molecule has 0 saturated heterocycles. The Kier molecular flexibility index (Phi) is 3.52. The van der Waals surface area contributed by atoms with E-state index in [1.807, 2.05) is 19.1 Å². The van der Waals surface area contributed by atoms with Gasteiger partial charge in [-0.1, -0.05) is 6.08 Å². The van der Waals surface area contributed by atoms with Crippen molar-refractivity contribution in [2.75, 3.05) is 17.2 Å². The summed E-state index contributed by atoms with van der Waals surface area (Å²) in [4.78, 5) is 10.5. The Morgan fingerprint density at radius 2 is 2.06 bits per heavy atom. The van der Waals surface area contributed by atoms with Crippen molar-refractivity contribution in [3.8, 4) is 0 Å². The third-order valence-corrected chi connectivity index (χ3v) is 2.26. The van der Waals surface area contributed by atoms with Gasteiger partial charge in [-0.05, 0) is 27.7 Å². The van der Waals surface area contributed by atoms with Crippen molar-refractivity contribution in [3.05, 3.63) is 24.4 Å². The first kappa shape index (κ1) is 12.5. The Morgan fingerprint density at radius 3 is 2.50 bits per heavy atom. The Balaban J connectivity index is 3.15. The average Bonchev–Trinajstić information content (AvgIpc) is 2.10. The Labute approximate surface area is 97.2 Å². The Bertz CT molecular complexity index is 359. The van der Waals surface area contributed by atoms with E-state index in [1.165, 1.54) is 0 Å². The number of nitrogens with two attached hydrogens (primary N) is 1. The van der Waals surface area contributed by atoms with E-state index in [-0.39, 0.29) is 5.54 Å². The molecule has 0 unspecified atom stereocenters. The zero-order valence-corrected chi connectivity index (χ0v) is 10.5. The van der Waals surface area contributed by atoms with Crippen LogP contribution in [0.1, 0.15) is 26.5 Å². The Morgan fingerprint density at radius 1 is 1.44 bits per heavy atom. The van der Waals surface area contributed by atoms with Crippen LogP contribution in [0.15, 0.2) is 18.7 Å². The first-order chi connectivity index (χ1) is 7.34. The van der Waals surface area contributed by atoms with Gasteiger partial charge in [0.25, 0.3) is 0 Å². The molecule has 0 aliphatic carbocycles. The van der Waals surface area contributed by atoms with E-state index in [0.29, 0.717) is 5.95 Å². The van der Waals surface area contributed by atoms with Gasteiger partial charge in [0, 0.05) is 23.8 Å². The second-order valence-corrected chi connectivity index (χ2v) is 4.80. The largest absolute Gasteiger partial charge is 0.368 e. The summed E-state index contributed by atoms with van der Waals surface area (Å²) in [6.45, 7) is 12.8. The molecule has 1 heterocycles. The highest BCUT2D eigenvalue weighted by molar-refractivity contribution is 5.46. The van der Waals surface area contributed by atoms with Crippen LogP contribution in [0.5, 0.6) is 0 Å². The minimum Gasteiger partial charge on any atom is -0.368 e. The van der Waals surface area contributed by atoms with Crippen LogP contribution in [0, 0.1) is 6.92 Å². The summed E-state index contributed by atoms with van der Waals surface area (Å²) in [6.07, 6.45) is 1.86. The minimum absolute atomic E-state index is 0.0264. The predicted molar refractivity (Wildman–Crippen MR) is 68.5 cm³/mol. The van der Waals surface area contributed by atoms with Gasteiger partial charge in [-0.2, -0.15) is 4.98 Å². The predicted octanol–water partition coefficient (Wildman–Crippen LogP) is 2.16. The summed E-state index contributed by atoms with van der Waals surface area (Å²) in [6, 6.07) is 1.94. The van der Waals surface area contributed by atoms with Gasteiger partial charge in [-0.15, -0.1) is 6.58 Å². The molecule has 2 N–H and O–H groups in total. The molecule has 0 atom stereocenters. The van der Waals surface area contributed by atoms with Gasteiger partial charge in [-0.25, -0.2) is 4.98 Å². The molecule has 0 radical (unpaired) electrons. The summed E-state index contributed by atoms with van der Waals surface area (Å²) in [7, 11) is 0. The number of hydrogen-bond acceptors (Lipinski definition) is 4. The van der Waals surface area contributed by atoms with Crippen LogP contribution in [0.4, 0.5) is 11.8 Å². The van der Waals surface area contributed by atoms with Crippen molar-refractivity contribution in [1.82, 2.24) is 9.97 Å². The van der Waals surface area contributed by atoms with Crippen LogP contribution < -0.4 is 10.6 Å². The average molecular weight is 220 g/mol. The van der Waals surface area contributed by atoms with E-state index in [9.17, 15) is 0 Å². The van der Waals surface area contributed by atoms with Crippen LogP contribution in [0.2, 0.25) is 0 Å². The van der Waals surface area contributed by atoms with E-state index in [2.05, 4.69) is 42.2 Å². The molecule has 0 spiro atoms. The van der Waals surface area contributed by atoms with E-state index in [0.717, 1.165) is 18.1 Å². The maximum absolute atomic E-state index is 5.66. The van der Waals surface area contributed by atoms with Gasteiger partial charge in [0.15, 0.2) is 0 Å². The molecule has 4 nitrogen and oxygen atoms in total. The highest BCUT2D eigenvalue weighted by atomic mass is 15.2. The molecule has 0 aliphatic rings. The summed E-state index contributed by atoms with van der Waals surface area (Å²) in [5, 5.41) is 0. The van der Waals surface area contributed by atoms with Crippen molar-refractivity contribution < 1.29 is 0 Å². The van der Waals surface area contributed by atoms with E-state index in [4.69, 9.17) is 5.73 Å². The van der Waals surface area contributed by atoms with Crippen molar-refractivity contribution in [2.45, 2.75) is 33.2 Å². The Hall–Kier alpha value is -1.58. The highest BCUT2D eigenvalue weighted by Crippen LogP contribution is 2.22. The first-order valence-electron chi connectivity index (χ1n) is 5.34. The molecule has 0 bridgehead atoms. The summed E-state index contributed by atoms with van der Waals surface area (Å²) < 4.78 is 0. The van der Waals surface area contributed by atoms with Gasteiger partial charge in [0.1, 0.15) is 5.82 Å². The minimum atomic E-state index is -0.0264. The van der Waals surface area contributed by atoms with Crippen LogP contribution in [-0.2, 0) is 0 Å². The second-order valence-electron chi connectivity index (χ2n) is 4.80. The lowest BCUT2D eigenvalue weighted by Crippen LogP contribution is -2.42. The molecule has 4 heteroatoms. The molecular formula is C12H20N4. The van der Waals surface area contributed by atoms with E-state index < -0.39 is 0 Å². The molecule has 0 amide bonds. The first-order valence-corrected chi connectivity index (χ1v) is 5.34. The standard InChI is InChI=1S/C12H20N4/c1-6-7-16(12(3,4)5)10-8-9(2)14-11(13)15-10/h6,8H,1,7H2,2-5H3,(H2,13,14,15). The van der Waals surface area contributed by atoms with Crippen molar-refractivity contribution in [1.29, 1.82) is 0 Å². The molecule has 1 aromatic heterocycles.